The fraction of sp³-hybridized carbons (Fsp3) is 0.706. The Hall–Kier alpha value is -0.930. The zero-order chi connectivity index (χ0) is 14.2. The van der Waals surface area contributed by atoms with E-state index in [1.54, 1.807) is 0 Å². The lowest BCUT2D eigenvalue weighted by atomic mass is 10.0. The lowest BCUT2D eigenvalue weighted by molar-refractivity contribution is 0.146. The first-order chi connectivity index (χ1) is 9.75. The van der Waals surface area contributed by atoms with Crippen molar-refractivity contribution in [1.29, 1.82) is 0 Å². The van der Waals surface area contributed by atoms with E-state index < -0.39 is 0 Å². The quantitative estimate of drug-likeness (QED) is 0.829. The molecule has 1 aromatic rings. The summed E-state index contributed by atoms with van der Waals surface area (Å²) in [6, 6.07) is 4.94. The van der Waals surface area contributed by atoms with E-state index in [9.17, 15) is 0 Å². The summed E-state index contributed by atoms with van der Waals surface area (Å²) >= 11 is 0. The van der Waals surface area contributed by atoms with Crippen LogP contribution < -0.4 is 5.32 Å². The van der Waals surface area contributed by atoms with Gasteiger partial charge in [0.25, 0.3) is 0 Å². The van der Waals surface area contributed by atoms with Crippen LogP contribution in [0.3, 0.4) is 0 Å². The van der Waals surface area contributed by atoms with Crippen LogP contribution in [0.25, 0.3) is 0 Å². The normalized spacial score (nSPS) is 20.4. The van der Waals surface area contributed by atoms with E-state index in [1.807, 2.05) is 18.5 Å². The summed E-state index contributed by atoms with van der Waals surface area (Å²) in [5.41, 5.74) is 1.35. The van der Waals surface area contributed by atoms with E-state index in [2.05, 4.69) is 35.1 Å². The van der Waals surface area contributed by atoms with Crippen LogP contribution in [-0.2, 0) is 6.42 Å². The predicted octanol–water partition coefficient (Wildman–Crippen LogP) is 2.72. The number of likely N-dealkylation sites (tertiary alicyclic amines) is 1. The summed E-state index contributed by atoms with van der Waals surface area (Å²) in [5, 5.41) is 3.63. The molecule has 1 aromatic heterocycles. The lowest BCUT2D eigenvalue weighted by Crippen LogP contribution is -2.46. The molecule has 1 atom stereocenters. The minimum atomic E-state index is 0.721. The third-order valence-corrected chi connectivity index (χ3v) is 4.09. The summed E-state index contributed by atoms with van der Waals surface area (Å²) in [6.07, 6.45) is 9.05. The smallest absolute Gasteiger partial charge is 0.0300 e. The van der Waals surface area contributed by atoms with Crippen molar-refractivity contribution in [3.63, 3.8) is 0 Å². The Bertz CT molecular complexity index is 364. The van der Waals surface area contributed by atoms with Crippen LogP contribution in [0.15, 0.2) is 24.5 Å². The third-order valence-electron chi connectivity index (χ3n) is 4.09. The van der Waals surface area contributed by atoms with Crippen molar-refractivity contribution in [1.82, 2.24) is 15.2 Å². The maximum Gasteiger partial charge on any atom is 0.0300 e. The zero-order valence-electron chi connectivity index (χ0n) is 13.0. The molecule has 1 fully saturated rings. The molecule has 1 saturated heterocycles. The SMILES string of the molecule is CC(C)CNCC1CCCCN1CCc1cccnc1. The van der Waals surface area contributed by atoms with Gasteiger partial charge in [-0.3, -0.25) is 9.88 Å². The maximum atomic E-state index is 4.21. The molecule has 0 aromatic carbocycles. The van der Waals surface area contributed by atoms with E-state index in [0.717, 1.165) is 31.5 Å². The summed E-state index contributed by atoms with van der Waals surface area (Å²) in [5.74, 6) is 0.738. The second-order valence-electron chi connectivity index (χ2n) is 6.35. The molecular weight excluding hydrogens is 246 g/mol. The molecule has 0 spiro atoms. The van der Waals surface area contributed by atoms with Gasteiger partial charge >= 0.3 is 0 Å². The molecule has 0 saturated carbocycles. The number of hydrogen-bond acceptors (Lipinski definition) is 3. The zero-order valence-corrected chi connectivity index (χ0v) is 13.0. The number of rotatable bonds is 7. The fourth-order valence-corrected chi connectivity index (χ4v) is 2.94. The van der Waals surface area contributed by atoms with Gasteiger partial charge in [0.2, 0.25) is 0 Å². The first-order valence-corrected chi connectivity index (χ1v) is 8.09. The Morgan fingerprint density at radius 1 is 1.40 bits per heavy atom. The largest absolute Gasteiger partial charge is 0.315 e. The molecule has 20 heavy (non-hydrogen) atoms. The Morgan fingerprint density at radius 2 is 2.30 bits per heavy atom. The minimum Gasteiger partial charge on any atom is -0.315 e. The molecule has 3 heteroatoms. The molecule has 1 N–H and O–H groups in total. The molecule has 0 radical (unpaired) electrons. The van der Waals surface area contributed by atoms with Gasteiger partial charge in [-0.25, -0.2) is 0 Å². The number of pyridine rings is 1. The van der Waals surface area contributed by atoms with Crippen LogP contribution in [0.4, 0.5) is 0 Å². The highest BCUT2D eigenvalue weighted by Crippen LogP contribution is 2.17. The second-order valence-corrected chi connectivity index (χ2v) is 6.35. The highest BCUT2D eigenvalue weighted by molar-refractivity contribution is 5.08. The van der Waals surface area contributed by atoms with Crippen molar-refractivity contribution < 1.29 is 0 Å². The molecule has 3 nitrogen and oxygen atoms in total. The van der Waals surface area contributed by atoms with Crippen LogP contribution in [0.2, 0.25) is 0 Å². The molecule has 1 unspecified atom stereocenters. The number of aromatic nitrogens is 1. The van der Waals surface area contributed by atoms with Crippen LogP contribution in [0.5, 0.6) is 0 Å². The summed E-state index contributed by atoms with van der Waals surface area (Å²) in [6.45, 7) is 9.24. The molecular formula is C17H29N3. The Balaban J connectivity index is 1.77. The van der Waals surface area contributed by atoms with Crippen LogP contribution in [0, 0.1) is 5.92 Å². The Morgan fingerprint density at radius 3 is 3.05 bits per heavy atom. The molecule has 2 heterocycles. The van der Waals surface area contributed by atoms with E-state index in [4.69, 9.17) is 0 Å². The van der Waals surface area contributed by atoms with Gasteiger partial charge in [0, 0.05) is 31.5 Å². The van der Waals surface area contributed by atoms with Crippen molar-refractivity contribution in [2.24, 2.45) is 5.92 Å². The topological polar surface area (TPSA) is 28.2 Å². The van der Waals surface area contributed by atoms with Crippen molar-refractivity contribution >= 4 is 0 Å². The molecule has 0 aliphatic carbocycles. The van der Waals surface area contributed by atoms with Crippen LogP contribution >= 0.6 is 0 Å². The number of hydrogen-bond donors (Lipinski definition) is 1. The van der Waals surface area contributed by atoms with Crippen LogP contribution in [-0.4, -0.2) is 42.1 Å². The standard InChI is InChI=1S/C17H29N3/c1-15(2)12-19-14-17-7-3-4-10-20(17)11-8-16-6-5-9-18-13-16/h5-6,9,13,15,17,19H,3-4,7-8,10-12,14H2,1-2H3. The van der Waals surface area contributed by atoms with Gasteiger partial charge in [-0.15, -0.1) is 0 Å². The summed E-state index contributed by atoms with van der Waals surface area (Å²) in [4.78, 5) is 6.88. The number of nitrogens with zero attached hydrogens (tertiary/aromatic N) is 2. The van der Waals surface area contributed by atoms with Gasteiger partial charge < -0.3 is 5.32 Å². The molecule has 0 amide bonds. The van der Waals surface area contributed by atoms with Gasteiger partial charge in [0.1, 0.15) is 0 Å². The minimum absolute atomic E-state index is 0.721. The van der Waals surface area contributed by atoms with Crippen LogP contribution in [0.1, 0.15) is 38.7 Å². The number of nitrogens with one attached hydrogen (secondary N) is 1. The highest BCUT2D eigenvalue weighted by Gasteiger charge is 2.21. The number of piperidine rings is 1. The van der Waals surface area contributed by atoms with Gasteiger partial charge in [0.05, 0.1) is 0 Å². The first kappa shape index (κ1) is 15.5. The fourth-order valence-electron chi connectivity index (χ4n) is 2.94. The van der Waals surface area contributed by atoms with E-state index >= 15 is 0 Å². The Labute approximate surface area is 123 Å². The van der Waals surface area contributed by atoms with Gasteiger partial charge in [0.15, 0.2) is 0 Å². The van der Waals surface area contributed by atoms with Gasteiger partial charge in [-0.1, -0.05) is 26.3 Å². The van der Waals surface area contributed by atoms with Crippen molar-refractivity contribution in [3.8, 4) is 0 Å². The maximum absolute atomic E-state index is 4.21. The molecule has 1 aliphatic rings. The average molecular weight is 275 g/mol. The van der Waals surface area contributed by atoms with Crippen molar-refractivity contribution in [2.75, 3.05) is 26.2 Å². The first-order valence-electron chi connectivity index (χ1n) is 8.09. The third kappa shape index (κ3) is 5.22. The van der Waals surface area contributed by atoms with Crippen molar-refractivity contribution in [3.05, 3.63) is 30.1 Å². The molecule has 112 valence electrons. The second kappa shape index (κ2) is 8.38. The summed E-state index contributed by atoms with van der Waals surface area (Å²) in [7, 11) is 0. The van der Waals surface area contributed by atoms with E-state index in [1.165, 1.54) is 37.9 Å². The lowest BCUT2D eigenvalue weighted by Gasteiger charge is -2.36. The predicted molar refractivity (Wildman–Crippen MR) is 84.9 cm³/mol. The monoisotopic (exact) mass is 275 g/mol. The van der Waals surface area contributed by atoms with Gasteiger partial charge in [-0.2, -0.15) is 0 Å². The Kier molecular flexibility index (Phi) is 6.48. The van der Waals surface area contributed by atoms with Crippen molar-refractivity contribution in [2.45, 2.75) is 45.6 Å². The van der Waals surface area contributed by atoms with E-state index in [-0.39, 0.29) is 0 Å². The van der Waals surface area contributed by atoms with Gasteiger partial charge in [-0.05, 0) is 49.9 Å². The summed E-state index contributed by atoms with van der Waals surface area (Å²) < 4.78 is 0. The highest BCUT2D eigenvalue weighted by atomic mass is 15.2. The molecule has 0 bridgehead atoms. The molecule has 2 rings (SSSR count). The van der Waals surface area contributed by atoms with E-state index in [0.29, 0.717) is 0 Å². The average Bonchev–Trinajstić information content (AvgIpc) is 2.47. The molecule has 1 aliphatic heterocycles.